The van der Waals surface area contributed by atoms with E-state index in [1.807, 2.05) is 33.8 Å². The lowest BCUT2D eigenvalue weighted by Crippen LogP contribution is -2.39. The second kappa shape index (κ2) is 12.8. The molecule has 27 heavy (non-hydrogen) atoms. The summed E-state index contributed by atoms with van der Waals surface area (Å²) >= 11 is 0. The largest absolute Gasteiger partial charge is 0.444 e. The monoisotopic (exact) mass is 495 g/mol. The van der Waals surface area contributed by atoms with E-state index in [0.717, 1.165) is 24.4 Å². The van der Waals surface area contributed by atoms with Gasteiger partial charge in [-0.25, -0.2) is 9.79 Å². The Morgan fingerprint density at radius 2 is 1.93 bits per heavy atom. The van der Waals surface area contributed by atoms with Crippen molar-refractivity contribution in [3.63, 3.8) is 0 Å². The van der Waals surface area contributed by atoms with Gasteiger partial charge >= 0.3 is 6.09 Å². The zero-order chi connectivity index (χ0) is 19.6. The molecule has 0 saturated carbocycles. The van der Waals surface area contributed by atoms with Gasteiger partial charge in [0.1, 0.15) is 12.1 Å². The van der Waals surface area contributed by atoms with Gasteiger partial charge in [-0.1, -0.05) is 19.0 Å². The molecule has 1 rings (SSSR count). The number of rotatable bonds is 8. The molecule has 1 amide bonds. The first-order chi connectivity index (χ1) is 12.2. The molecular formula is C18H34IN5O3. The Labute approximate surface area is 179 Å². The summed E-state index contributed by atoms with van der Waals surface area (Å²) in [6, 6.07) is 1.93. The van der Waals surface area contributed by atoms with E-state index in [-0.39, 0.29) is 24.0 Å². The molecule has 0 saturated heterocycles. The average molecular weight is 495 g/mol. The maximum atomic E-state index is 11.6. The summed E-state index contributed by atoms with van der Waals surface area (Å²) in [5, 5.41) is 13.2. The third-order valence-corrected chi connectivity index (χ3v) is 3.22. The number of ether oxygens (including phenoxy) is 1. The fraction of sp³-hybridized carbons (Fsp3) is 0.722. The third kappa shape index (κ3) is 11.7. The van der Waals surface area contributed by atoms with Crippen LogP contribution in [-0.4, -0.2) is 42.4 Å². The Morgan fingerprint density at radius 1 is 1.26 bits per heavy atom. The summed E-state index contributed by atoms with van der Waals surface area (Å²) in [4.78, 5) is 16.0. The van der Waals surface area contributed by atoms with Crippen LogP contribution in [0.25, 0.3) is 0 Å². The maximum absolute atomic E-state index is 11.6. The van der Waals surface area contributed by atoms with Crippen LogP contribution in [-0.2, 0) is 11.3 Å². The van der Waals surface area contributed by atoms with Gasteiger partial charge in [-0.2, -0.15) is 0 Å². The SMILES string of the molecule is CCNC(=NCc1cc(C(C)C)no1)NCCCNC(=O)OC(C)(C)C.I. The number of amides is 1. The molecule has 0 aliphatic rings. The van der Waals surface area contributed by atoms with Gasteiger partial charge in [0.05, 0.1) is 5.69 Å². The van der Waals surface area contributed by atoms with Gasteiger partial charge in [0.2, 0.25) is 0 Å². The summed E-state index contributed by atoms with van der Waals surface area (Å²) in [5.41, 5.74) is 0.449. The summed E-state index contributed by atoms with van der Waals surface area (Å²) in [7, 11) is 0. The second-order valence-corrected chi connectivity index (χ2v) is 7.28. The zero-order valence-electron chi connectivity index (χ0n) is 17.2. The third-order valence-electron chi connectivity index (χ3n) is 3.22. The lowest BCUT2D eigenvalue weighted by atomic mass is 10.1. The quantitative estimate of drug-likeness (QED) is 0.221. The highest BCUT2D eigenvalue weighted by Gasteiger charge is 2.15. The van der Waals surface area contributed by atoms with Crippen LogP contribution in [0.5, 0.6) is 0 Å². The number of guanidine groups is 1. The molecule has 0 aliphatic carbocycles. The maximum Gasteiger partial charge on any atom is 0.407 e. The average Bonchev–Trinajstić information content (AvgIpc) is 2.99. The standard InChI is InChI=1S/C18H33N5O3.HI/c1-7-19-16(22-12-14-11-15(13(2)3)23-26-14)20-9-8-10-21-17(24)25-18(4,5)6;/h11,13H,7-10,12H2,1-6H3,(H,21,24)(H2,19,20,22);1H. The highest BCUT2D eigenvalue weighted by atomic mass is 127. The number of aromatic nitrogens is 1. The Hall–Kier alpha value is -1.52. The molecule has 0 bridgehead atoms. The van der Waals surface area contributed by atoms with Crippen LogP contribution in [0.4, 0.5) is 4.79 Å². The predicted molar refractivity (Wildman–Crippen MR) is 118 cm³/mol. The van der Waals surface area contributed by atoms with Crippen molar-refractivity contribution in [2.75, 3.05) is 19.6 Å². The van der Waals surface area contributed by atoms with Crippen molar-refractivity contribution in [2.24, 2.45) is 4.99 Å². The van der Waals surface area contributed by atoms with Crippen LogP contribution in [0.2, 0.25) is 0 Å². The van der Waals surface area contributed by atoms with Crippen LogP contribution in [0, 0.1) is 0 Å². The first kappa shape index (κ1) is 25.5. The van der Waals surface area contributed by atoms with Gasteiger partial charge in [0, 0.05) is 25.7 Å². The minimum Gasteiger partial charge on any atom is -0.444 e. The van der Waals surface area contributed by atoms with E-state index in [2.05, 4.69) is 39.9 Å². The van der Waals surface area contributed by atoms with Crippen molar-refractivity contribution < 1.29 is 14.1 Å². The predicted octanol–water partition coefficient (Wildman–Crippen LogP) is 3.39. The fourth-order valence-electron chi connectivity index (χ4n) is 1.97. The van der Waals surface area contributed by atoms with E-state index in [9.17, 15) is 4.79 Å². The highest BCUT2D eigenvalue weighted by Crippen LogP contribution is 2.14. The molecule has 1 aromatic heterocycles. The molecule has 0 aromatic carbocycles. The lowest BCUT2D eigenvalue weighted by Gasteiger charge is -2.19. The number of halogens is 1. The molecule has 8 nitrogen and oxygen atoms in total. The molecule has 0 spiro atoms. The molecule has 0 fully saturated rings. The summed E-state index contributed by atoms with van der Waals surface area (Å²) in [6.45, 7) is 14.1. The number of nitrogens with one attached hydrogen (secondary N) is 3. The van der Waals surface area contributed by atoms with Gasteiger partial charge in [-0.15, -0.1) is 24.0 Å². The molecule has 0 atom stereocenters. The van der Waals surface area contributed by atoms with Gasteiger partial charge in [0.15, 0.2) is 11.7 Å². The molecule has 1 heterocycles. The van der Waals surface area contributed by atoms with Crippen LogP contribution < -0.4 is 16.0 Å². The normalized spacial score (nSPS) is 11.7. The van der Waals surface area contributed by atoms with Gasteiger partial charge in [-0.3, -0.25) is 0 Å². The number of carbonyl (C=O) groups is 1. The molecule has 0 aliphatic heterocycles. The topological polar surface area (TPSA) is 101 Å². The number of hydrogen-bond acceptors (Lipinski definition) is 5. The van der Waals surface area contributed by atoms with E-state index >= 15 is 0 Å². The van der Waals surface area contributed by atoms with Crippen LogP contribution in [0.1, 0.15) is 65.3 Å². The van der Waals surface area contributed by atoms with Crippen molar-refractivity contribution in [1.29, 1.82) is 0 Å². The Bertz CT molecular complexity index is 582. The lowest BCUT2D eigenvalue weighted by molar-refractivity contribution is 0.0527. The highest BCUT2D eigenvalue weighted by molar-refractivity contribution is 14.0. The van der Waals surface area contributed by atoms with Gasteiger partial charge in [0.25, 0.3) is 0 Å². The minimum atomic E-state index is -0.483. The van der Waals surface area contributed by atoms with E-state index < -0.39 is 11.7 Å². The number of aliphatic imine (C=N–C) groups is 1. The number of hydrogen-bond donors (Lipinski definition) is 3. The van der Waals surface area contributed by atoms with Crippen LogP contribution in [0.3, 0.4) is 0 Å². The Balaban J connectivity index is 0.00000676. The molecule has 156 valence electrons. The van der Waals surface area contributed by atoms with Gasteiger partial charge in [-0.05, 0) is 40.0 Å². The van der Waals surface area contributed by atoms with Crippen LogP contribution >= 0.6 is 24.0 Å². The molecule has 1 aromatic rings. The van der Waals surface area contributed by atoms with E-state index in [4.69, 9.17) is 9.26 Å². The van der Waals surface area contributed by atoms with Crippen molar-refractivity contribution in [3.05, 3.63) is 17.5 Å². The number of alkyl carbamates (subject to hydrolysis) is 1. The van der Waals surface area contributed by atoms with Crippen molar-refractivity contribution in [3.8, 4) is 0 Å². The van der Waals surface area contributed by atoms with Crippen molar-refractivity contribution in [2.45, 2.75) is 66.0 Å². The van der Waals surface area contributed by atoms with E-state index in [1.54, 1.807) is 0 Å². The molecule has 0 unspecified atom stereocenters. The Kier molecular flexibility index (Phi) is 12.1. The summed E-state index contributed by atoms with van der Waals surface area (Å²) in [5.74, 6) is 1.77. The number of carbonyl (C=O) groups excluding carboxylic acids is 1. The summed E-state index contributed by atoms with van der Waals surface area (Å²) < 4.78 is 10.5. The number of nitrogens with zero attached hydrogens (tertiary/aromatic N) is 2. The molecular weight excluding hydrogens is 461 g/mol. The smallest absolute Gasteiger partial charge is 0.407 e. The van der Waals surface area contributed by atoms with Gasteiger partial charge < -0.3 is 25.2 Å². The second-order valence-electron chi connectivity index (χ2n) is 7.28. The fourth-order valence-corrected chi connectivity index (χ4v) is 1.97. The first-order valence-corrected chi connectivity index (χ1v) is 9.15. The van der Waals surface area contributed by atoms with Crippen LogP contribution in [0.15, 0.2) is 15.6 Å². The van der Waals surface area contributed by atoms with E-state index in [1.165, 1.54) is 0 Å². The van der Waals surface area contributed by atoms with E-state index in [0.29, 0.717) is 31.5 Å². The molecule has 0 radical (unpaired) electrons. The minimum absolute atomic E-state index is 0. The first-order valence-electron chi connectivity index (χ1n) is 9.15. The zero-order valence-corrected chi connectivity index (χ0v) is 19.5. The van der Waals surface area contributed by atoms with Crippen molar-refractivity contribution >= 4 is 36.0 Å². The van der Waals surface area contributed by atoms with Crippen molar-refractivity contribution in [1.82, 2.24) is 21.1 Å². The Morgan fingerprint density at radius 3 is 2.48 bits per heavy atom. The molecule has 9 heteroatoms. The summed E-state index contributed by atoms with van der Waals surface area (Å²) in [6.07, 6.45) is 0.355. The molecule has 3 N–H and O–H groups in total.